The maximum Gasteiger partial charge on any atom is 0.339 e. The topological polar surface area (TPSA) is 91.6 Å². The molecule has 3 amide bonds. The first-order valence-electron chi connectivity index (χ1n) is 11.4. The highest BCUT2D eigenvalue weighted by molar-refractivity contribution is 7.15. The summed E-state index contributed by atoms with van der Waals surface area (Å²) in [6.07, 6.45) is 5.33. The highest BCUT2D eigenvalue weighted by Gasteiger charge is 2.34. The summed E-state index contributed by atoms with van der Waals surface area (Å²) in [5, 5.41) is 13.3. The number of carboxylic acids is 1. The van der Waals surface area contributed by atoms with E-state index in [9.17, 15) is 23.9 Å². The van der Waals surface area contributed by atoms with E-state index in [1.807, 2.05) is 24.5 Å². The number of rotatable bonds is 5. The molecular formula is C26H24FN3O4S. The van der Waals surface area contributed by atoms with E-state index in [1.54, 1.807) is 6.08 Å². The predicted molar refractivity (Wildman–Crippen MR) is 130 cm³/mol. The summed E-state index contributed by atoms with van der Waals surface area (Å²) in [6.45, 7) is 3.81. The van der Waals surface area contributed by atoms with Gasteiger partial charge in [0.25, 0.3) is 5.91 Å². The molecule has 7 nitrogen and oxygen atoms in total. The SMILES string of the molecule is Cc1cc(C=C2NC(=O)N(Cc3ccc(F)cc3)C2=O)c(C)n1-c1sc2c(c1C(=O)O)CCCC2. The Morgan fingerprint density at radius 2 is 1.89 bits per heavy atom. The monoisotopic (exact) mass is 493 g/mol. The first kappa shape index (κ1) is 23.0. The number of halogens is 1. The molecule has 1 aromatic carbocycles. The Morgan fingerprint density at radius 1 is 1.17 bits per heavy atom. The van der Waals surface area contributed by atoms with E-state index in [0.717, 1.165) is 58.0 Å². The fourth-order valence-corrected chi connectivity index (χ4v) is 6.31. The van der Waals surface area contributed by atoms with Crippen LogP contribution in [0.25, 0.3) is 11.1 Å². The van der Waals surface area contributed by atoms with Gasteiger partial charge in [-0.15, -0.1) is 11.3 Å². The number of benzene rings is 1. The Morgan fingerprint density at radius 3 is 2.60 bits per heavy atom. The minimum Gasteiger partial charge on any atom is -0.478 e. The summed E-state index contributed by atoms with van der Waals surface area (Å²) < 4.78 is 15.1. The number of thiophene rings is 1. The Hall–Kier alpha value is -3.72. The van der Waals surface area contributed by atoms with Crippen molar-refractivity contribution in [2.75, 3.05) is 0 Å². The van der Waals surface area contributed by atoms with E-state index < -0.39 is 17.9 Å². The van der Waals surface area contributed by atoms with Crippen LogP contribution in [-0.4, -0.2) is 32.5 Å². The van der Waals surface area contributed by atoms with E-state index >= 15 is 0 Å². The van der Waals surface area contributed by atoms with E-state index in [0.29, 0.717) is 16.1 Å². The van der Waals surface area contributed by atoms with Crippen LogP contribution in [0.2, 0.25) is 0 Å². The molecule has 2 aliphatic rings. The third-order valence-corrected chi connectivity index (χ3v) is 7.83. The lowest BCUT2D eigenvalue weighted by molar-refractivity contribution is -0.123. The zero-order chi connectivity index (χ0) is 24.9. The van der Waals surface area contributed by atoms with Gasteiger partial charge in [-0.25, -0.2) is 14.0 Å². The molecule has 0 bridgehead atoms. The summed E-state index contributed by atoms with van der Waals surface area (Å²) in [4.78, 5) is 39.8. The molecule has 180 valence electrons. The zero-order valence-electron chi connectivity index (χ0n) is 19.4. The van der Waals surface area contributed by atoms with Gasteiger partial charge in [-0.2, -0.15) is 0 Å². The van der Waals surface area contributed by atoms with Gasteiger partial charge in [-0.1, -0.05) is 12.1 Å². The number of imide groups is 1. The van der Waals surface area contributed by atoms with Crippen LogP contribution in [0.3, 0.4) is 0 Å². The zero-order valence-corrected chi connectivity index (χ0v) is 20.2. The second-order valence-corrected chi connectivity index (χ2v) is 9.95. The van der Waals surface area contributed by atoms with E-state index in [1.165, 1.54) is 35.6 Å². The van der Waals surface area contributed by atoms with Gasteiger partial charge in [0.2, 0.25) is 0 Å². The normalized spacial score (nSPS) is 16.7. The number of aryl methyl sites for hydroxylation is 2. The van der Waals surface area contributed by atoms with Crippen molar-refractivity contribution in [3.8, 4) is 5.00 Å². The van der Waals surface area contributed by atoms with Crippen molar-refractivity contribution < 1.29 is 23.9 Å². The summed E-state index contributed by atoms with van der Waals surface area (Å²) >= 11 is 1.52. The Labute approximate surface area is 205 Å². The fourth-order valence-electron chi connectivity index (χ4n) is 4.82. The number of aromatic carboxylic acids is 1. The van der Waals surface area contributed by atoms with Crippen LogP contribution in [0.5, 0.6) is 0 Å². The molecule has 9 heteroatoms. The average Bonchev–Trinajstić information content (AvgIpc) is 3.42. The van der Waals surface area contributed by atoms with Gasteiger partial charge >= 0.3 is 12.0 Å². The summed E-state index contributed by atoms with van der Waals surface area (Å²) in [7, 11) is 0. The number of carboxylic acid groups (broad SMARTS) is 1. The van der Waals surface area contributed by atoms with Crippen LogP contribution >= 0.6 is 11.3 Å². The third-order valence-electron chi connectivity index (χ3n) is 6.56. The fraction of sp³-hybridized carbons (Fsp3) is 0.269. The molecule has 2 aromatic heterocycles. The Balaban J connectivity index is 1.48. The van der Waals surface area contributed by atoms with Crippen LogP contribution in [0.4, 0.5) is 9.18 Å². The van der Waals surface area contributed by atoms with Gasteiger partial charge in [0, 0.05) is 16.3 Å². The molecule has 2 N–H and O–H groups in total. The Bertz CT molecular complexity index is 1400. The lowest BCUT2D eigenvalue weighted by Crippen LogP contribution is -2.30. The maximum atomic E-state index is 13.2. The molecule has 35 heavy (non-hydrogen) atoms. The molecule has 0 radical (unpaired) electrons. The van der Waals surface area contributed by atoms with E-state index in [2.05, 4.69) is 5.32 Å². The smallest absolute Gasteiger partial charge is 0.339 e. The van der Waals surface area contributed by atoms with Crippen molar-refractivity contribution in [1.29, 1.82) is 0 Å². The molecule has 3 heterocycles. The van der Waals surface area contributed by atoms with Crippen LogP contribution in [-0.2, 0) is 24.2 Å². The lowest BCUT2D eigenvalue weighted by atomic mass is 9.95. The number of urea groups is 1. The average molecular weight is 494 g/mol. The Kier molecular flexibility index (Phi) is 5.80. The summed E-state index contributed by atoms with van der Waals surface area (Å²) in [6, 6.07) is 6.98. The second-order valence-electron chi connectivity index (χ2n) is 8.86. The third kappa shape index (κ3) is 4.05. The first-order chi connectivity index (χ1) is 16.7. The van der Waals surface area contributed by atoms with Gasteiger partial charge in [0.1, 0.15) is 16.5 Å². The highest BCUT2D eigenvalue weighted by atomic mass is 32.1. The molecular weight excluding hydrogens is 469 g/mol. The number of aromatic nitrogens is 1. The molecule has 1 fully saturated rings. The summed E-state index contributed by atoms with van der Waals surface area (Å²) in [5.41, 5.74) is 4.42. The maximum absolute atomic E-state index is 13.2. The molecule has 5 rings (SSSR count). The molecule has 1 saturated heterocycles. The standard InChI is InChI=1S/C26H24FN3O4S/c1-14-11-17(12-20-23(31)29(26(34)28-20)13-16-7-9-18(27)10-8-16)15(2)30(14)24-22(25(32)33)19-5-3-4-6-21(19)35-24/h7-12H,3-6,13H2,1-2H3,(H,28,34)(H,32,33). The molecule has 0 saturated carbocycles. The number of carbonyl (C=O) groups excluding carboxylic acids is 2. The molecule has 3 aromatic rings. The largest absolute Gasteiger partial charge is 0.478 e. The van der Waals surface area contributed by atoms with Crippen molar-refractivity contribution in [2.24, 2.45) is 0 Å². The summed E-state index contributed by atoms with van der Waals surface area (Å²) in [5.74, 6) is -1.79. The van der Waals surface area contributed by atoms with Crippen molar-refractivity contribution in [2.45, 2.75) is 46.1 Å². The number of hydrogen-bond acceptors (Lipinski definition) is 4. The molecule has 0 atom stereocenters. The number of hydrogen-bond donors (Lipinski definition) is 2. The van der Waals surface area contributed by atoms with Crippen LogP contribution < -0.4 is 5.32 Å². The molecule has 0 spiro atoms. The number of nitrogens with one attached hydrogen (secondary N) is 1. The van der Waals surface area contributed by atoms with Crippen molar-refractivity contribution in [3.63, 3.8) is 0 Å². The number of amides is 3. The van der Waals surface area contributed by atoms with Gasteiger partial charge < -0.3 is 15.0 Å². The minimum atomic E-state index is -0.929. The minimum absolute atomic E-state index is 0.0318. The van der Waals surface area contributed by atoms with Crippen molar-refractivity contribution >= 4 is 35.3 Å². The quantitative estimate of drug-likeness (QED) is 0.388. The highest BCUT2D eigenvalue weighted by Crippen LogP contribution is 2.39. The van der Waals surface area contributed by atoms with Crippen LogP contribution in [0.1, 0.15) is 56.2 Å². The van der Waals surface area contributed by atoms with Crippen molar-refractivity contribution in [3.05, 3.63) is 80.4 Å². The second kappa shape index (κ2) is 8.81. The van der Waals surface area contributed by atoms with E-state index in [-0.39, 0.29) is 18.1 Å². The predicted octanol–water partition coefficient (Wildman–Crippen LogP) is 4.96. The first-order valence-corrected chi connectivity index (χ1v) is 12.2. The molecule has 1 aliphatic carbocycles. The van der Waals surface area contributed by atoms with E-state index in [4.69, 9.17) is 0 Å². The van der Waals surface area contributed by atoms with Crippen LogP contribution in [0.15, 0.2) is 36.0 Å². The van der Waals surface area contributed by atoms with Gasteiger partial charge in [-0.05, 0) is 80.5 Å². The number of nitrogens with zero attached hydrogens (tertiary/aromatic N) is 2. The molecule has 1 aliphatic heterocycles. The lowest BCUT2D eigenvalue weighted by Gasteiger charge is -2.11. The van der Waals surface area contributed by atoms with Gasteiger partial charge in [0.05, 0.1) is 12.1 Å². The van der Waals surface area contributed by atoms with Gasteiger partial charge in [-0.3, -0.25) is 9.69 Å². The number of carbonyl (C=O) groups is 3. The number of fused-ring (bicyclic) bond motifs is 1. The molecule has 0 unspecified atom stereocenters. The van der Waals surface area contributed by atoms with Gasteiger partial charge in [0.15, 0.2) is 0 Å². The van der Waals surface area contributed by atoms with Crippen molar-refractivity contribution in [1.82, 2.24) is 14.8 Å². The van der Waals surface area contributed by atoms with Crippen LogP contribution in [0, 0.1) is 19.7 Å².